The summed E-state index contributed by atoms with van der Waals surface area (Å²) < 4.78 is 5.66. The molecule has 2 nitrogen and oxygen atoms in total. The molecule has 17 heavy (non-hydrogen) atoms. The summed E-state index contributed by atoms with van der Waals surface area (Å²) in [6.45, 7) is 11.6. The maximum atomic E-state index is 11.7. The second-order valence-corrected chi connectivity index (χ2v) is 5.36. The van der Waals surface area contributed by atoms with E-state index in [0.717, 1.165) is 25.7 Å². The Morgan fingerprint density at radius 2 is 2.29 bits per heavy atom. The number of carbonyl (C=O) groups excluding carboxylic acids is 1. The highest BCUT2D eigenvalue weighted by atomic mass is 16.6. The lowest BCUT2D eigenvalue weighted by atomic mass is 9.77. The number of allylic oxidation sites excluding steroid dienone is 2. The van der Waals surface area contributed by atoms with Crippen molar-refractivity contribution in [3.05, 3.63) is 23.8 Å². The average Bonchev–Trinajstić information content (AvgIpc) is 2.29. The first-order valence-corrected chi connectivity index (χ1v) is 6.43. The van der Waals surface area contributed by atoms with Crippen molar-refractivity contribution in [3.8, 4) is 0 Å². The first kappa shape index (κ1) is 14.0. The van der Waals surface area contributed by atoms with Crippen LogP contribution in [0.25, 0.3) is 0 Å². The van der Waals surface area contributed by atoms with Crippen LogP contribution in [0, 0.1) is 5.92 Å². The molecule has 1 aliphatic rings. The zero-order valence-corrected chi connectivity index (χ0v) is 11.5. The molecular weight excluding hydrogens is 212 g/mol. The Kier molecular flexibility index (Phi) is 4.55. The maximum Gasteiger partial charge on any atom is 0.333 e. The van der Waals surface area contributed by atoms with Gasteiger partial charge in [-0.15, -0.1) is 0 Å². The van der Waals surface area contributed by atoms with Crippen LogP contribution < -0.4 is 0 Å². The van der Waals surface area contributed by atoms with Crippen LogP contribution in [0.5, 0.6) is 0 Å². The molecule has 0 aromatic rings. The highest BCUT2D eigenvalue weighted by molar-refractivity contribution is 5.87. The fraction of sp³-hybridized carbons (Fsp3) is 0.667. The largest absolute Gasteiger partial charge is 0.456 e. The summed E-state index contributed by atoms with van der Waals surface area (Å²) in [5.74, 6) is 0.167. The minimum Gasteiger partial charge on any atom is -0.456 e. The zero-order chi connectivity index (χ0) is 13.1. The van der Waals surface area contributed by atoms with E-state index in [1.54, 1.807) is 6.92 Å². The van der Waals surface area contributed by atoms with E-state index >= 15 is 0 Å². The second kappa shape index (κ2) is 5.52. The summed E-state index contributed by atoms with van der Waals surface area (Å²) in [4.78, 5) is 11.7. The van der Waals surface area contributed by atoms with Gasteiger partial charge in [-0.1, -0.05) is 25.2 Å². The highest BCUT2D eigenvalue weighted by Crippen LogP contribution is 2.36. The predicted molar refractivity (Wildman–Crippen MR) is 70.7 cm³/mol. The van der Waals surface area contributed by atoms with Crippen molar-refractivity contribution in [3.63, 3.8) is 0 Å². The minimum absolute atomic E-state index is 0.263. The molecule has 1 rings (SSSR count). The summed E-state index contributed by atoms with van der Waals surface area (Å²) in [6, 6.07) is 0. The average molecular weight is 236 g/mol. The molecule has 0 fully saturated rings. The minimum atomic E-state index is -0.354. The third-order valence-electron chi connectivity index (χ3n) is 3.88. The van der Waals surface area contributed by atoms with Crippen LogP contribution in [0.2, 0.25) is 0 Å². The van der Waals surface area contributed by atoms with Gasteiger partial charge in [0, 0.05) is 11.5 Å². The van der Waals surface area contributed by atoms with Gasteiger partial charge in [0.15, 0.2) is 0 Å². The summed E-state index contributed by atoms with van der Waals surface area (Å²) in [6.07, 6.45) is 6.36. The second-order valence-electron chi connectivity index (χ2n) is 5.36. The van der Waals surface area contributed by atoms with Gasteiger partial charge in [0.1, 0.15) is 5.60 Å². The van der Waals surface area contributed by atoms with Crippen LogP contribution >= 0.6 is 0 Å². The van der Waals surface area contributed by atoms with Crippen molar-refractivity contribution in [2.75, 3.05) is 0 Å². The summed E-state index contributed by atoms with van der Waals surface area (Å²) >= 11 is 0. The Labute approximate surface area is 105 Å². The fourth-order valence-corrected chi connectivity index (χ4v) is 2.26. The number of hydrogen-bond acceptors (Lipinski definition) is 2. The number of esters is 1. The summed E-state index contributed by atoms with van der Waals surface area (Å²) in [5.41, 5.74) is 1.57. The number of carbonyl (C=O) groups is 1. The molecule has 0 bridgehead atoms. The molecule has 2 unspecified atom stereocenters. The molecule has 2 heteroatoms. The van der Waals surface area contributed by atoms with Gasteiger partial charge in [-0.05, 0) is 46.5 Å². The number of rotatable bonds is 4. The number of ether oxygens (including phenoxy) is 1. The summed E-state index contributed by atoms with van der Waals surface area (Å²) in [7, 11) is 0. The molecular formula is C15H24O2. The Bertz CT molecular complexity index is 341. The van der Waals surface area contributed by atoms with Gasteiger partial charge < -0.3 is 4.74 Å². The van der Waals surface area contributed by atoms with Crippen LogP contribution in [0.3, 0.4) is 0 Å². The lowest BCUT2D eigenvalue weighted by Gasteiger charge is -2.38. The smallest absolute Gasteiger partial charge is 0.333 e. The van der Waals surface area contributed by atoms with E-state index in [1.807, 2.05) is 6.92 Å². The van der Waals surface area contributed by atoms with Crippen LogP contribution in [0.4, 0.5) is 0 Å². The molecule has 1 aliphatic carbocycles. The summed E-state index contributed by atoms with van der Waals surface area (Å²) in [5, 5.41) is 0. The molecule has 2 atom stereocenters. The molecule has 0 aliphatic heterocycles. The van der Waals surface area contributed by atoms with Gasteiger partial charge in [-0.25, -0.2) is 4.79 Å². The van der Waals surface area contributed by atoms with Gasteiger partial charge in [0.2, 0.25) is 0 Å². The van der Waals surface area contributed by atoms with E-state index in [4.69, 9.17) is 4.74 Å². The van der Waals surface area contributed by atoms with Crippen molar-refractivity contribution in [1.82, 2.24) is 0 Å². The van der Waals surface area contributed by atoms with Gasteiger partial charge in [0.05, 0.1) is 0 Å². The van der Waals surface area contributed by atoms with Gasteiger partial charge in [0.25, 0.3) is 0 Å². The molecule has 0 heterocycles. The Morgan fingerprint density at radius 1 is 1.65 bits per heavy atom. The van der Waals surface area contributed by atoms with Gasteiger partial charge in [-0.3, -0.25) is 0 Å². The normalized spacial score (nSPS) is 23.5. The molecule has 0 radical (unpaired) electrons. The van der Waals surface area contributed by atoms with E-state index in [-0.39, 0.29) is 11.6 Å². The SMILES string of the molecule is C=C(C)C(=O)OC(C)(CC)C1CC=C(C)CC1. The van der Waals surface area contributed by atoms with Crippen molar-refractivity contribution in [1.29, 1.82) is 0 Å². The van der Waals surface area contributed by atoms with Crippen LogP contribution in [0.15, 0.2) is 23.8 Å². The Morgan fingerprint density at radius 3 is 2.71 bits per heavy atom. The first-order valence-electron chi connectivity index (χ1n) is 6.43. The first-order chi connectivity index (χ1) is 7.89. The van der Waals surface area contributed by atoms with E-state index in [2.05, 4.69) is 26.5 Å². The van der Waals surface area contributed by atoms with Crippen molar-refractivity contribution >= 4 is 5.97 Å². The molecule has 0 amide bonds. The monoisotopic (exact) mass is 236 g/mol. The third-order valence-corrected chi connectivity index (χ3v) is 3.88. The van der Waals surface area contributed by atoms with Crippen molar-refractivity contribution in [2.24, 2.45) is 5.92 Å². The molecule has 0 saturated heterocycles. The van der Waals surface area contributed by atoms with E-state index < -0.39 is 0 Å². The fourth-order valence-electron chi connectivity index (χ4n) is 2.26. The number of hydrogen-bond donors (Lipinski definition) is 0. The highest BCUT2D eigenvalue weighted by Gasteiger charge is 2.36. The molecule has 0 spiro atoms. The molecule has 0 saturated carbocycles. The standard InChI is InChI=1S/C15H24O2/c1-6-15(5,17-14(16)11(2)3)13-9-7-12(4)8-10-13/h7,13H,2,6,8-10H2,1,3-5H3. The van der Waals surface area contributed by atoms with E-state index in [1.165, 1.54) is 5.57 Å². The quantitative estimate of drug-likeness (QED) is 0.418. The lowest BCUT2D eigenvalue weighted by molar-refractivity contribution is -0.160. The van der Waals surface area contributed by atoms with Crippen LogP contribution in [-0.2, 0) is 9.53 Å². The van der Waals surface area contributed by atoms with Crippen molar-refractivity contribution in [2.45, 2.75) is 59.0 Å². The van der Waals surface area contributed by atoms with Gasteiger partial charge in [-0.2, -0.15) is 0 Å². The maximum absolute atomic E-state index is 11.7. The van der Waals surface area contributed by atoms with Gasteiger partial charge >= 0.3 is 5.97 Å². The third kappa shape index (κ3) is 3.45. The topological polar surface area (TPSA) is 26.3 Å². The zero-order valence-electron chi connectivity index (χ0n) is 11.5. The van der Waals surface area contributed by atoms with Crippen LogP contribution in [0.1, 0.15) is 53.4 Å². The predicted octanol–water partition coefficient (Wildman–Crippen LogP) is 4.02. The Balaban J connectivity index is 2.74. The van der Waals surface area contributed by atoms with E-state index in [0.29, 0.717) is 11.5 Å². The Hall–Kier alpha value is -1.05. The molecule has 0 N–H and O–H groups in total. The molecule has 0 aromatic carbocycles. The van der Waals surface area contributed by atoms with Crippen LogP contribution in [-0.4, -0.2) is 11.6 Å². The molecule has 96 valence electrons. The molecule has 0 aromatic heterocycles. The van der Waals surface area contributed by atoms with E-state index in [9.17, 15) is 4.79 Å². The lowest BCUT2D eigenvalue weighted by Crippen LogP contribution is -2.40. The van der Waals surface area contributed by atoms with Crippen molar-refractivity contribution < 1.29 is 9.53 Å².